The Hall–Kier alpha value is -2.23. The van der Waals surface area contributed by atoms with Gasteiger partial charge < -0.3 is 20.1 Å². The van der Waals surface area contributed by atoms with Gasteiger partial charge in [0.15, 0.2) is 0 Å². The minimum absolute atomic E-state index is 0.145. The standard InChI is InChI=1S/C13H14O5/c1-3-11(13(17)18-4-2)12(16)8-5-9(14)7-10(15)6-8/h5-7,12,14-16H,1,4H2,2H3. The van der Waals surface area contributed by atoms with E-state index in [-0.39, 0.29) is 29.2 Å². The lowest BCUT2D eigenvalue weighted by Gasteiger charge is -2.13. The van der Waals surface area contributed by atoms with Crippen molar-refractivity contribution in [3.63, 3.8) is 0 Å². The fourth-order valence-electron chi connectivity index (χ4n) is 1.43. The van der Waals surface area contributed by atoms with Crippen molar-refractivity contribution >= 4 is 5.97 Å². The molecule has 1 unspecified atom stereocenters. The molecule has 5 heteroatoms. The first-order valence-corrected chi connectivity index (χ1v) is 5.27. The fraction of sp³-hybridized carbons (Fsp3) is 0.231. The number of hydrogen-bond donors (Lipinski definition) is 3. The van der Waals surface area contributed by atoms with Crippen molar-refractivity contribution in [1.29, 1.82) is 0 Å². The van der Waals surface area contributed by atoms with E-state index >= 15 is 0 Å². The number of carbonyl (C=O) groups is 1. The number of phenols is 2. The average Bonchev–Trinajstić information content (AvgIpc) is 2.28. The van der Waals surface area contributed by atoms with Crippen LogP contribution >= 0.6 is 0 Å². The molecule has 1 aromatic rings. The highest BCUT2D eigenvalue weighted by Gasteiger charge is 2.22. The predicted octanol–water partition coefficient (Wildman–Crippen LogP) is 1.41. The molecule has 0 saturated carbocycles. The van der Waals surface area contributed by atoms with Crippen LogP contribution in [0.4, 0.5) is 0 Å². The van der Waals surface area contributed by atoms with E-state index in [1.165, 1.54) is 12.1 Å². The van der Waals surface area contributed by atoms with Gasteiger partial charge in [-0.15, -0.1) is 5.73 Å². The number of esters is 1. The Labute approximate surface area is 104 Å². The topological polar surface area (TPSA) is 87.0 Å². The second-order valence-corrected chi connectivity index (χ2v) is 3.50. The molecule has 0 aliphatic rings. The van der Waals surface area contributed by atoms with Crippen LogP contribution in [-0.4, -0.2) is 27.9 Å². The summed E-state index contributed by atoms with van der Waals surface area (Å²) in [5.74, 6) is -1.20. The Morgan fingerprint density at radius 2 is 1.94 bits per heavy atom. The normalized spacial score (nSPS) is 11.4. The van der Waals surface area contributed by atoms with Crippen LogP contribution in [0, 0.1) is 0 Å². The number of carbonyl (C=O) groups excluding carboxylic acids is 1. The maximum absolute atomic E-state index is 11.5. The second-order valence-electron chi connectivity index (χ2n) is 3.50. The third-order valence-corrected chi connectivity index (χ3v) is 2.20. The molecule has 1 rings (SSSR count). The highest BCUT2D eigenvalue weighted by molar-refractivity contribution is 5.89. The summed E-state index contributed by atoms with van der Waals surface area (Å²) in [6.45, 7) is 5.09. The minimum atomic E-state index is -1.38. The van der Waals surface area contributed by atoms with Gasteiger partial charge in [-0.05, 0) is 24.6 Å². The van der Waals surface area contributed by atoms with Crippen molar-refractivity contribution < 1.29 is 24.9 Å². The summed E-state index contributed by atoms with van der Waals surface area (Å²) in [6.07, 6.45) is -1.38. The van der Waals surface area contributed by atoms with Crippen LogP contribution in [0.25, 0.3) is 0 Å². The first kappa shape index (κ1) is 13.8. The van der Waals surface area contributed by atoms with Gasteiger partial charge in [-0.1, -0.05) is 6.58 Å². The Morgan fingerprint density at radius 3 is 2.39 bits per heavy atom. The monoisotopic (exact) mass is 250 g/mol. The van der Waals surface area contributed by atoms with Gasteiger partial charge in [0, 0.05) is 6.07 Å². The van der Waals surface area contributed by atoms with Crippen LogP contribution in [0.15, 0.2) is 36.1 Å². The molecule has 0 saturated heterocycles. The lowest BCUT2D eigenvalue weighted by molar-refractivity contribution is -0.139. The Bertz CT molecular complexity index is 480. The second kappa shape index (κ2) is 5.91. The molecule has 5 nitrogen and oxygen atoms in total. The molecule has 0 bridgehead atoms. The minimum Gasteiger partial charge on any atom is -0.508 e. The molecule has 0 aliphatic carbocycles. The molecular formula is C13H14O5. The largest absolute Gasteiger partial charge is 0.508 e. The smallest absolute Gasteiger partial charge is 0.344 e. The van der Waals surface area contributed by atoms with E-state index in [0.29, 0.717) is 0 Å². The molecule has 3 N–H and O–H groups in total. The molecule has 1 aromatic carbocycles. The number of aromatic hydroxyl groups is 2. The van der Waals surface area contributed by atoms with Gasteiger partial charge in [-0.25, -0.2) is 4.79 Å². The zero-order chi connectivity index (χ0) is 13.7. The quantitative estimate of drug-likeness (QED) is 0.427. The number of hydrogen-bond acceptors (Lipinski definition) is 5. The molecule has 0 heterocycles. The van der Waals surface area contributed by atoms with E-state index in [0.717, 1.165) is 6.07 Å². The van der Waals surface area contributed by atoms with Gasteiger partial charge >= 0.3 is 5.97 Å². The summed E-state index contributed by atoms with van der Waals surface area (Å²) >= 11 is 0. The molecule has 0 amide bonds. The van der Waals surface area contributed by atoms with Crippen LogP contribution in [0.2, 0.25) is 0 Å². The first-order chi connectivity index (χ1) is 8.49. The van der Waals surface area contributed by atoms with Crippen molar-refractivity contribution in [3.8, 4) is 11.5 Å². The number of aliphatic hydroxyl groups excluding tert-OH is 1. The van der Waals surface area contributed by atoms with Crippen LogP contribution in [-0.2, 0) is 9.53 Å². The number of rotatable bonds is 4. The average molecular weight is 250 g/mol. The number of aliphatic hydroxyl groups is 1. The van der Waals surface area contributed by atoms with Gasteiger partial charge in [-0.2, -0.15) is 0 Å². The Kier molecular flexibility index (Phi) is 4.54. The highest BCUT2D eigenvalue weighted by atomic mass is 16.5. The van der Waals surface area contributed by atoms with Crippen LogP contribution in [0.5, 0.6) is 11.5 Å². The lowest BCUT2D eigenvalue weighted by Crippen LogP contribution is -2.14. The summed E-state index contributed by atoms with van der Waals surface area (Å²) < 4.78 is 4.73. The summed E-state index contributed by atoms with van der Waals surface area (Å²) in [5, 5.41) is 28.6. The SMILES string of the molecule is C=C=C(C(=O)OCC)C(O)c1cc(O)cc(O)c1. The molecule has 0 radical (unpaired) electrons. The predicted molar refractivity (Wildman–Crippen MR) is 64.0 cm³/mol. The Morgan fingerprint density at radius 1 is 1.39 bits per heavy atom. The third-order valence-electron chi connectivity index (χ3n) is 2.20. The maximum Gasteiger partial charge on any atom is 0.344 e. The van der Waals surface area contributed by atoms with Crippen LogP contribution in [0.1, 0.15) is 18.6 Å². The van der Waals surface area contributed by atoms with E-state index in [2.05, 4.69) is 12.3 Å². The summed E-state index contributed by atoms with van der Waals surface area (Å²) in [7, 11) is 0. The van der Waals surface area contributed by atoms with E-state index in [1.807, 2.05) is 0 Å². The summed E-state index contributed by atoms with van der Waals surface area (Å²) in [5.41, 5.74) is 2.27. The van der Waals surface area contributed by atoms with Gasteiger partial charge in [0.25, 0.3) is 0 Å². The van der Waals surface area contributed by atoms with Crippen LogP contribution in [0.3, 0.4) is 0 Å². The van der Waals surface area contributed by atoms with E-state index in [1.54, 1.807) is 6.92 Å². The molecule has 0 spiro atoms. The zero-order valence-electron chi connectivity index (χ0n) is 9.88. The number of benzene rings is 1. The Balaban J connectivity index is 3.08. The lowest BCUT2D eigenvalue weighted by atomic mass is 10.0. The molecule has 0 aliphatic heterocycles. The molecular weight excluding hydrogens is 236 g/mol. The zero-order valence-corrected chi connectivity index (χ0v) is 9.88. The van der Waals surface area contributed by atoms with E-state index in [9.17, 15) is 20.1 Å². The van der Waals surface area contributed by atoms with Crippen molar-refractivity contribution in [2.24, 2.45) is 0 Å². The van der Waals surface area contributed by atoms with Crippen LogP contribution < -0.4 is 0 Å². The van der Waals surface area contributed by atoms with Crippen molar-refractivity contribution in [1.82, 2.24) is 0 Å². The van der Waals surface area contributed by atoms with Gasteiger partial charge in [0.1, 0.15) is 23.2 Å². The highest BCUT2D eigenvalue weighted by Crippen LogP contribution is 2.28. The first-order valence-electron chi connectivity index (χ1n) is 5.27. The van der Waals surface area contributed by atoms with Gasteiger partial charge in [-0.3, -0.25) is 0 Å². The number of ether oxygens (including phenoxy) is 1. The van der Waals surface area contributed by atoms with Gasteiger partial charge in [0.2, 0.25) is 0 Å². The molecule has 0 fully saturated rings. The molecule has 1 atom stereocenters. The van der Waals surface area contributed by atoms with Crippen molar-refractivity contribution in [2.45, 2.75) is 13.0 Å². The van der Waals surface area contributed by atoms with Gasteiger partial charge in [0.05, 0.1) is 6.61 Å². The molecule has 96 valence electrons. The maximum atomic E-state index is 11.5. The van der Waals surface area contributed by atoms with E-state index < -0.39 is 12.1 Å². The van der Waals surface area contributed by atoms with Crippen molar-refractivity contribution in [3.05, 3.63) is 41.6 Å². The van der Waals surface area contributed by atoms with E-state index in [4.69, 9.17) is 4.74 Å². The molecule has 0 aromatic heterocycles. The third kappa shape index (κ3) is 3.13. The summed E-state index contributed by atoms with van der Waals surface area (Å²) in [6, 6.07) is 3.56. The molecule has 18 heavy (non-hydrogen) atoms. The number of phenolic OH excluding ortho intramolecular Hbond substituents is 2. The summed E-state index contributed by atoms with van der Waals surface area (Å²) in [4.78, 5) is 11.5. The fourth-order valence-corrected chi connectivity index (χ4v) is 1.43. The van der Waals surface area contributed by atoms with Crippen molar-refractivity contribution in [2.75, 3.05) is 6.61 Å².